The molecule has 0 aliphatic carbocycles. The third kappa shape index (κ3) is 2.19. The van der Waals surface area contributed by atoms with Crippen LogP contribution in [-0.2, 0) is 4.79 Å². The number of hydrogen-bond donors (Lipinski definition) is 2. The third-order valence-electron chi connectivity index (χ3n) is 1.58. The van der Waals surface area contributed by atoms with Crippen LogP contribution in [0.4, 0.5) is 0 Å². The van der Waals surface area contributed by atoms with Crippen molar-refractivity contribution in [2.45, 2.75) is 24.6 Å². The van der Waals surface area contributed by atoms with Gasteiger partial charge in [-0.15, -0.1) is 0 Å². The molecule has 0 bridgehead atoms. The SMILES string of the molecule is CSC(C)(C)C(N)C(N)=O. The van der Waals surface area contributed by atoms with Gasteiger partial charge in [-0.25, -0.2) is 0 Å². The summed E-state index contributed by atoms with van der Waals surface area (Å²) < 4.78 is -0.258. The van der Waals surface area contributed by atoms with E-state index in [2.05, 4.69) is 0 Å². The zero-order valence-electron chi connectivity index (χ0n) is 6.55. The molecule has 0 aliphatic heterocycles. The largest absolute Gasteiger partial charge is 0.368 e. The smallest absolute Gasteiger partial charge is 0.235 e. The van der Waals surface area contributed by atoms with Crippen LogP contribution in [0.5, 0.6) is 0 Å². The number of amides is 1. The van der Waals surface area contributed by atoms with Crippen molar-refractivity contribution in [2.75, 3.05) is 6.26 Å². The molecular weight excluding hydrogens is 148 g/mol. The normalized spacial score (nSPS) is 14.8. The van der Waals surface area contributed by atoms with E-state index in [9.17, 15) is 4.79 Å². The molecule has 4 heteroatoms. The summed E-state index contributed by atoms with van der Waals surface area (Å²) in [6.45, 7) is 3.79. The molecular formula is C6H14N2OS. The Morgan fingerprint density at radius 2 is 2.00 bits per heavy atom. The average molecular weight is 162 g/mol. The second kappa shape index (κ2) is 3.25. The molecule has 1 amide bonds. The Kier molecular flexibility index (Phi) is 3.18. The third-order valence-corrected chi connectivity index (χ3v) is 2.89. The van der Waals surface area contributed by atoms with Gasteiger partial charge in [-0.3, -0.25) is 4.79 Å². The predicted molar refractivity (Wildman–Crippen MR) is 44.8 cm³/mol. The van der Waals surface area contributed by atoms with Crippen molar-refractivity contribution in [3.8, 4) is 0 Å². The van der Waals surface area contributed by atoms with Gasteiger partial charge in [0, 0.05) is 4.75 Å². The highest BCUT2D eigenvalue weighted by Gasteiger charge is 2.29. The zero-order valence-corrected chi connectivity index (χ0v) is 7.37. The van der Waals surface area contributed by atoms with Crippen LogP contribution >= 0.6 is 11.8 Å². The van der Waals surface area contributed by atoms with Crippen LogP contribution in [0, 0.1) is 0 Å². The Balaban J connectivity index is 4.17. The molecule has 10 heavy (non-hydrogen) atoms. The summed E-state index contributed by atoms with van der Waals surface area (Å²) in [4.78, 5) is 10.6. The van der Waals surface area contributed by atoms with E-state index in [4.69, 9.17) is 11.5 Å². The fourth-order valence-corrected chi connectivity index (χ4v) is 0.840. The minimum absolute atomic E-state index is 0.258. The van der Waals surface area contributed by atoms with Crippen LogP contribution in [0.1, 0.15) is 13.8 Å². The number of thioether (sulfide) groups is 1. The highest BCUT2D eigenvalue weighted by atomic mass is 32.2. The number of hydrogen-bond acceptors (Lipinski definition) is 3. The summed E-state index contributed by atoms with van der Waals surface area (Å²) in [5.41, 5.74) is 10.5. The molecule has 1 atom stereocenters. The molecule has 0 saturated heterocycles. The topological polar surface area (TPSA) is 69.1 Å². The summed E-state index contributed by atoms with van der Waals surface area (Å²) in [5.74, 6) is -0.445. The number of rotatable bonds is 3. The lowest BCUT2D eigenvalue weighted by Gasteiger charge is -2.26. The molecule has 0 spiro atoms. The summed E-state index contributed by atoms with van der Waals surface area (Å²) in [5, 5.41) is 0. The number of nitrogens with two attached hydrogens (primary N) is 2. The second-order valence-corrected chi connectivity index (χ2v) is 4.15. The minimum atomic E-state index is -0.567. The maximum atomic E-state index is 10.6. The molecule has 0 heterocycles. The first-order valence-electron chi connectivity index (χ1n) is 3.02. The second-order valence-electron chi connectivity index (χ2n) is 2.69. The van der Waals surface area contributed by atoms with Gasteiger partial charge >= 0.3 is 0 Å². The van der Waals surface area contributed by atoms with Crippen molar-refractivity contribution in [1.82, 2.24) is 0 Å². The lowest BCUT2D eigenvalue weighted by Crippen LogP contribution is -2.49. The van der Waals surface area contributed by atoms with Crippen molar-refractivity contribution in [2.24, 2.45) is 11.5 Å². The Morgan fingerprint density at radius 3 is 2.10 bits per heavy atom. The van der Waals surface area contributed by atoms with Gasteiger partial charge in [0.2, 0.25) is 5.91 Å². The lowest BCUT2D eigenvalue weighted by atomic mass is 10.0. The molecule has 0 aliphatic rings. The Morgan fingerprint density at radius 1 is 1.60 bits per heavy atom. The molecule has 0 aromatic rings. The maximum absolute atomic E-state index is 10.6. The molecule has 0 fully saturated rings. The van der Waals surface area contributed by atoms with E-state index in [-0.39, 0.29) is 4.75 Å². The van der Waals surface area contributed by atoms with Crippen molar-refractivity contribution in [3.63, 3.8) is 0 Å². The molecule has 0 radical (unpaired) electrons. The molecule has 3 nitrogen and oxygen atoms in total. The molecule has 4 N–H and O–H groups in total. The summed E-state index contributed by atoms with van der Waals surface area (Å²) in [6, 6.07) is -0.567. The number of carbonyl (C=O) groups is 1. The first-order chi connectivity index (χ1) is 4.41. The summed E-state index contributed by atoms with van der Waals surface area (Å²) in [7, 11) is 0. The molecule has 0 rings (SSSR count). The van der Waals surface area contributed by atoms with E-state index in [1.807, 2.05) is 20.1 Å². The van der Waals surface area contributed by atoms with Crippen LogP contribution in [-0.4, -0.2) is 23.0 Å². The van der Waals surface area contributed by atoms with Crippen molar-refractivity contribution < 1.29 is 4.79 Å². The van der Waals surface area contributed by atoms with Gasteiger partial charge in [0.1, 0.15) is 0 Å². The highest BCUT2D eigenvalue weighted by molar-refractivity contribution is 8.00. The van der Waals surface area contributed by atoms with Gasteiger partial charge in [0.05, 0.1) is 6.04 Å². The van der Waals surface area contributed by atoms with E-state index in [0.29, 0.717) is 0 Å². The lowest BCUT2D eigenvalue weighted by molar-refractivity contribution is -0.119. The highest BCUT2D eigenvalue weighted by Crippen LogP contribution is 2.23. The Bertz CT molecular complexity index is 136. The number of carbonyl (C=O) groups excluding carboxylic acids is 1. The fraction of sp³-hybridized carbons (Fsp3) is 0.833. The van der Waals surface area contributed by atoms with E-state index in [1.54, 1.807) is 0 Å². The van der Waals surface area contributed by atoms with Crippen LogP contribution < -0.4 is 11.5 Å². The number of primary amides is 1. The van der Waals surface area contributed by atoms with Crippen LogP contribution in [0.25, 0.3) is 0 Å². The van der Waals surface area contributed by atoms with Crippen molar-refractivity contribution in [1.29, 1.82) is 0 Å². The molecule has 0 aromatic heterocycles. The average Bonchev–Trinajstić information content (AvgIpc) is 1.86. The van der Waals surface area contributed by atoms with Crippen LogP contribution in [0.2, 0.25) is 0 Å². The molecule has 1 unspecified atom stereocenters. The van der Waals surface area contributed by atoms with E-state index < -0.39 is 11.9 Å². The van der Waals surface area contributed by atoms with E-state index in [1.165, 1.54) is 11.8 Å². The minimum Gasteiger partial charge on any atom is -0.368 e. The summed E-state index contributed by atoms with van der Waals surface area (Å²) in [6.07, 6.45) is 1.91. The Hall–Kier alpha value is -0.220. The van der Waals surface area contributed by atoms with Gasteiger partial charge in [-0.1, -0.05) is 0 Å². The first kappa shape index (κ1) is 9.78. The van der Waals surface area contributed by atoms with Gasteiger partial charge in [0.25, 0.3) is 0 Å². The predicted octanol–water partition coefficient (Wildman–Crippen LogP) is -0.0594. The molecule has 60 valence electrons. The zero-order chi connectivity index (χ0) is 8.36. The van der Waals surface area contributed by atoms with Gasteiger partial charge < -0.3 is 11.5 Å². The van der Waals surface area contributed by atoms with Gasteiger partial charge in [-0.2, -0.15) is 11.8 Å². The molecule has 0 saturated carbocycles. The van der Waals surface area contributed by atoms with Crippen molar-refractivity contribution >= 4 is 17.7 Å². The van der Waals surface area contributed by atoms with E-state index >= 15 is 0 Å². The quantitative estimate of drug-likeness (QED) is 0.611. The maximum Gasteiger partial charge on any atom is 0.235 e. The summed E-state index contributed by atoms with van der Waals surface area (Å²) >= 11 is 1.54. The fourth-order valence-electron chi connectivity index (χ4n) is 0.470. The van der Waals surface area contributed by atoms with Gasteiger partial charge in [-0.05, 0) is 20.1 Å². The van der Waals surface area contributed by atoms with Crippen LogP contribution in [0.15, 0.2) is 0 Å². The Labute approximate surface area is 65.5 Å². The van der Waals surface area contributed by atoms with Crippen LogP contribution in [0.3, 0.4) is 0 Å². The van der Waals surface area contributed by atoms with Crippen molar-refractivity contribution in [3.05, 3.63) is 0 Å². The standard InChI is InChI=1S/C6H14N2OS/c1-6(2,10-3)4(7)5(8)9/h4H,7H2,1-3H3,(H2,8,9). The van der Waals surface area contributed by atoms with E-state index in [0.717, 1.165) is 0 Å². The monoisotopic (exact) mass is 162 g/mol. The first-order valence-corrected chi connectivity index (χ1v) is 4.24. The van der Waals surface area contributed by atoms with Gasteiger partial charge in [0.15, 0.2) is 0 Å². The molecule has 0 aromatic carbocycles.